The molecule has 0 unspecified atom stereocenters. The first kappa shape index (κ1) is 13.9. The lowest BCUT2D eigenvalue weighted by Gasteiger charge is -2.11. The lowest BCUT2D eigenvalue weighted by molar-refractivity contribution is 0.416. The Morgan fingerprint density at radius 3 is 2.74 bits per heavy atom. The topological polar surface area (TPSA) is 81.4 Å². The molecule has 0 aliphatic carbocycles. The second kappa shape index (κ2) is 5.60. The Morgan fingerprint density at radius 2 is 2.16 bits per heavy atom. The number of rotatable bonds is 5. The predicted molar refractivity (Wildman–Crippen MR) is 76.0 cm³/mol. The van der Waals surface area contributed by atoms with E-state index in [1.807, 2.05) is 16.8 Å². The monoisotopic (exact) mass is 298 g/mol. The molecule has 7 heteroatoms. The van der Waals surface area contributed by atoms with Crippen LogP contribution >= 0.6 is 11.3 Å². The first-order valence-electron chi connectivity index (χ1n) is 5.46. The van der Waals surface area contributed by atoms with Gasteiger partial charge in [0.25, 0.3) is 0 Å². The molecule has 2 aromatic rings. The fourth-order valence-electron chi connectivity index (χ4n) is 1.59. The fraction of sp³-hybridized carbons (Fsp3) is 0.167. The van der Waals surface area contributed by atoms with E-state index in [9.17, 15) is 8.42 Å². The van der Waals surface area contributed by atoms with Gasteiger partial charge in [0.1, 0.15) is 5.75 Å². The molecule has 0 bridgehead atoms. The van der Waals surface area contributed by atoms with Crippen molar-refractivity contribution in [1.29, 1.82) is 0 Å². The molecule has 0 radical (unpaired) electrons. The van der Waals surface area contributed by atoms with Gasteiger partial charge in [0, 0.05) is 6.54 Å². The molecular weight excluding hydrogens is 284 g/mol. The maximum absolute atomic E-state index is 11.3. The second-order valence-corrected chi connectivity index (χ2v) is 6.23. The summed E-state index contributed by atoms with van der Waals surface area (Å²) in [6, 6.07) is 6.47. The van der Waals surface area contributed by atoms with Gasteiger partial charge in [0.05, 0.1) is 17.7 Å². The van der Waals surface area contributed by atoms with E-state index in [2.05, 4.69) is 5.32 Å². The van der Waals surface area contributed by atoms with E-state index >= 15 is 0 Å². The quantitative estimate of drug-likeness (QED) is 0.885. The van der Waals surface area contributed by atoms with Gasteiger partial charge in [0.15, 0.2) is 0 Å². The Bertz CT molecular complexity index is 652. The van der Waals surface area contributed by atoms with Gasteiger partial charge in [-0.2, -0.15) is 11.3 Å². The number of sulfonamides is 1. The molecule has 1 aromatic carbocycles. The Labute approximate surface area is 116 Å². The second-order valence-electron chi connectivity index (χ2n) is 3.89. The number of hydrogen-bond acceptors (Lipinski definition) is 5. The third-order valence-electron chi connectivity index (χ3n) is 2.56. The highest BCUT2D eigenvalue weighted by molar-refractivity contribution is 7.89. The van der Waals surface area contributed by atoms with Gasteiger partial charge < -0.3 is 10.1 Å². The largest absolute Gasteiger partial charge is 0.495 e. The molecular formula is C12H14N2O3S2. The zero-order valence-corrected chi connectivity index (χ0v) is 11.9. The van der Waals surface area contributed by atoms with Crippen LogP contribution in [0, 0.1) is 0 Å². The molecule has 0 aliphatic rings. The van der Waals surface area contributed by atoms with Crippen molar-refractivity contribution < 1.29 is 13.2 Å². The van der Waals surface area contributed by atoms with Crippen LogP contribution in [0.2, 0.25) is 0 Å². The van der Waals surface area contributed by atoms with Crippen LogP contribution in [0.5, 0.6) is 5.75 Å². The number of primary sulfonamides is 1. The Kier molecular flexibility index (Phi) is 4.08. The smallest absolute Gasteiger partial charge is 0.238 e. The van der Waals surface area contributed by atoms with Gasteiger partial charge in [-0.15, -0.1) is 0 Å². The van der Waals surface area contributed by atoms with Crippen LogP contribution in [0.3, 0.4) is 0 Å². The van der Waals surface area contributed by atoms with Gasteiger partial charge in [-0.3, -0.25) is 0 Å². The Balaban J connectivity index is 2.26. The van der Waals surface area contributed by atoms with Crippen LogP contribution in [0.25, 0.3) is 0 Å². The minimum Gasteiger partial charge on any atom is -0.495 e. The first-order valence-corrected chi connectivity index (χ1v) is 7.95. The molecule has 0 saturated heterocycles. The number of benzene rings is 1. The normalized spacial score (nSPS) is 11.3. The van der Waals surface area contributed by atoms with E-state index in [1.165, 1.54) is 19.2 Å². The average Bonchev–Trinajstić information content (AvgIpc) is 2.88. The summed E-state index contributed by atoms with van der Waals surface area (Å²) in [5.74, 6) is 0.572. The van der Waals surface area contributed by atoms with Crippen LogP contribution in [0.1, 0.15) is 5.56 Å². The molecule has 0 amide bonds. The minimum atomic E-state index is -3.72. The molecule has 102 valence electrons. The Hall–Kier alpha value is -1.57. The van der Waals surface area contributed by atoms with E-state index in [4.69, 9.17) is 9.88 Å². The number of anilines is 1. The van der Waals surface area contributed by atoms with Gasteiger partial charge in [-0.1, -0.05) is 0 Å². The molecule has 1 aromatic heterocycles. The summed E-state index contributed by atoms with van der Waals surface area (Å²) in [6.45, 7) is 0.591. The number of nitrogens with one attached hydrogen (secondary N) is 1. The van der Waals surface area contributed by atoms with E-state index in [1.54, 1.807) is 17.4 Å². The lowest BCUT2D eigenvalue weighted by Crippen LogP contribution is -2.12. The standard InChI is InChI=1S/C12H14N2O3S2/c1-17-12-3-2-10(19(13,15)16)6-11(12)14-7-9-4-5-18-8-9/h2-6,8,14H,7H2,1H3,(H2,13,15,16). The van der Waals surface area contributed by atoms with Crippen molar-refractivity contribution in [2.24, 2.45) is 5.14 Å². The Morgan fingerprint density at radius 1 is 1.37 bits per heavy atom. The summed E-state index contributed by atoms with van der Waals surface area (Å²) in [5, 5.41) is 12.3. The average molecular weight is 298 g/mol. The maximum atomic E-state index is 11.3. The minimum absolute atomic E-state index is 0.0566. The van der Waals surface area contributed by atoms with Crippen molar-refractivity contribution >= 4 is 27.0 Å². The molecule has 0 aliphatic heterocycles. The van der Waals surface area contributed by atoms with Gasteiger partial charge in [0.2, 0.25) is 10.0 Å². The van der Waals surface area contributed by atoms with Crippen molar-refractivity contribution in [3.05, 3.63) is 40.6 Å². The van der Waals surface area contributed by atoms with Crippen molar-refractivity contribution in [3.63, 3.8) is 0 Å². The van der Waals surface area contributed by atoms with Crippen molar-refractivity contribution in [2.75, 3.05) is 12.4 Å². The molecule has 3 N–H and O–H groups in total. The first-order chi connectivity index (χ1) is 9.00. The molecule has 0 spiro atoms. The summed E-state index contributed by atoms with van der Waals surface area (Å²) >= 11 is 1.60. The highest BCUT2D eigenvalue weighted by Gasteiger charge is 2.11. The highest BCUT2D eigenvalue weighted by atomic mass is 32.2. The van der Waals surface area contributed by atoms with E-state index in [0.29, 0.717) is 18.0 Å². The number of thiophene rings is 1. The fourth-order valence-corrected chi connectivity index (χ4v) is 2.80. The van der Waals surface area contributed by atoms with Crippen LogP contribution in [0.15, 0.2) is 39.9 Å². The molecule has 19 heavy (non-hydrogen) atoms. The summed E-state index contributed by atoms with van der Waals surface area (Å²) < 4.78 is 27.8. The van der Waals surface area contributed by atoms with Crippen molar-refractivity contribution in [1.82, 2.24) is 0 Å². The number of hydrogen-bond donors (Lipinski definition) is 2. The van der Waals surface area contributed by atoms with E-state index < -0.39 is 10.0 Å². The summed E-state index contributed by atoms with van der Waals surface area (Å²) in [6.07, 6.45) is 0. The van der Waals surface area contributed by atoms with Crippen molar-refractivity contribution in [2.45, 2.75) is 11.4 Å². The number of ether oxygens (including phenoxy) is 1. The molecule has 0 atom stereocenters. The number of nitrogens with two attached hydrogens (primary N) is 1. The molecule has 0 saturated carbocycles. The molecule has 1 heterocycles. The lowest BCUT2D eigenvalue weighted by atomic mass is 10.2. The predicted octanol–water partition coefficient (Wildman–Crippen LogP) is 2.02. The summed E-state index contributed by atoms with van der Waals surface area (Å²) in [5.41, 5.74) is 1.72. The van der Waals surface area contributed by atoms with Crippen LogP contribution in [0.4, 0.5) is 5.69 Å². The summed E-state index contributed by atoms with van der Waals surface area (Å²) in [7, 11) is -2.19. The molecule has 2 rings (SSSR count). The van der Waals surface area contributed by atoms with Gasteiger partial charge in [-0.25, -0.2) is 13.6 Å². The number of methoxy groups -OCH3 is 1. The summed E-state index contributed by atoms with van der Waals surface area (Å²) in [4.78, 5) is 0.0566. The third kappa shape index (κ3) is 3.46. The molecule has 5 nitrogen and oxygen atoms in total. The van der Waals surface area contributed by atoms with Gasteiger partial charge in [-0.05, 0) is 40.6 Å². The SMILES string of the molecule is COc1ccc(S(N)(=O)=O)cc1NCc1ccsc1. The van der Waals surface area contributed by atoms with Gasteiger partial charge >= 0.3 is 0 Å². The highest BCUT2D eigenvalue weighted by Crippen LogP contribution is 2.27. The van der Waals surface area contributed by atoms with Crippen LogP contribution < -0.4 is 15.2 Å². The zero-order valence-electron chi connectivity index (χ0n) is 10.3. The third-order valence-corrected chi connectivity index (χ3v) is 4.21. The van der Waals surface area contributed by atoms with Crippen molar-refractivity contribution in [3.8, 4) is 5.75 Å². The van der Waals surface area contributed by atoms with Crippen LogP contribution in [-0.4, -0.2) is 15.5 Å². The zero-order chi connectivity index (χ0) is 13.9. The molecule has 0 fully saturated rings. The van der Waals surface area contributed by atoms with E-state index in [0.717, 1.165) is 5.56 Å². The van der Waals surface area contributed by atoms with Crippen LogP contribution in [-0.2, 0) is 16.6 Å². The van der Waals surface area contributed by atoms with E-state index in [-0.39, 0.29) is 4.90 Å². The maximum Gasteiger partial charge on any atom is 0.238 e.